The predicted octanol–water partition coefficient (Wildman–Crippen LogP) is 2.97. The summed E-state index contributed by atoms with van der Waals surface area (Å²) in [6.07, 6.45) is 0. The van der Waals surface area contributed by atoms with Gasteiger partial charge in [0.1, 0.15) is 16.2 Å². The summed E-state index contributed by atoms with van der Waals surface area (Å²) in [4.78, 5) is 35.4. The molecule has 7 nitrogen and oxygen atoms in total. The van der Waals surface area contributed by atoms with Crippen LogP contribution in [0.4, 0.5) is 5.69 Å². The molecule has 1 N–H and O–H groups in total. The van der Waals surface area contributed by atoms with Gasteiger partial charge in [-0.15, -0.1) is 11.3 Å². The van der Waals surface area contributed by atoms with Crippen molar-refractivity contribution in [2.45, 2.75) is 6.92 Å². The normalized spacial score (nSPS) is 10.5. The van der Waals surface area contributed by atoms with Crippen molar-refractivity contribution < 1.29 is 23.5 Å². The summed E-state index contributed by atoms with van der Waals surface area (Å²) in [6.45, 7) is 1.55. The molecule has 1 amide bonds. The molecular formula is C18H15NO6S. The lowest BCUT2D eigenvalue weighted by Gasteiger charge is -2.08. The number of rotatable bonds is 5. The zero-order valence-electron chi connectivity index (χ0n) is 14.0. The van der Waals surface area contributed by atoms with Crippen LogP contribution in [0, 0.1) is 6.92 Å². The molecule has 0 saturated carbocycles. The molecule has 2 aromatic heterocycles. The van der Waals surface area contributed by atoms with Crippen molar-refractivity contribution >= 4 is 39.9 Å². The number of thiophene rings is 1. The number of amides is 1. The van der Waals surface area contributed by atoms with Gasteiger partial charge in [0.15, 0.2) is 6.61 Å². The van der Waals surface area contributed by atoms with Crippen LogP contribution in [0.5, 0.6) is 5.75 Å². The third-order valence-corrected chi connectivity index (χ3v) is 4.50. The second-order valence-corrected chi connectivity index (χ2v) is 6.31. The molecule has 134 valence electrons. The molecule has 0 spiro atoms. The maximum absolute atomic E-state index is 12.1. The summed E-state index contributed by atoms with van der Waals surface area (Å²) in [5.74, 6) is -0.560. The Bertz CT molecular complexity index is 1040. The number of carbonyl (C=O) groups excluding carboxylic acids is 2. The van der Waals surface area contributed by atoms with Gasteiger partial charge < -0.3 is 19.2 Å². The number of aryl methyl sites for hydroxylation is 1. The lowest BCUT2D eigenvalue weighted by molar-refractivity contribution is -0.118. The monoisotopic (exact) mass is 373 g/mol. The largest absolute Gasteiger partial charge is 0.484 e. The Labute approximate surface area is 152 Å². The Morgan fingerprint density at radius 3 is 2.81 bits per heavy atom. The second-order valence-electron chi connectivity index (χ2n) is 5.40. The molecule has 3 aromatic rings. The first kappa shape index (κ1) is 17.7. The van der Waals surface area contributed by atoms with Gasteiger partial charge in [0.2, 0.25) is 0 Å². The van der Waals surface area contributed by atoms with E-state index in [0.29, 0.717) is 21.9 Å². The van der Waals surface area contributed by atoms with Crippen LogP contribution in [0.15, 0.2) is 44.9 Å². The molecule has 2 heterocycles. The minimum Gasteiger partial charge on any atom is -0.484 e. The molecule has 0 aliphatic carbocycles. The third-order valence-electron chi connectivity index (χ3n) is 3.60. The fourth-order valence-corrected chi connectivity index (χ4v) is 3.15. The molecule has 3 rings (SSSR count). The maximum atomic E-state index is 12.1. The highest BCUT2D eigenvalue weighted by Gasteiger charge is 2.16. The highest BCUT2D eigenvalue weighted by molar-refractivity contribution is 7.12. The van der Waals surface area contributed by atoms with Crippen molar-refractivity contribution in [3.8, 4) is 5.75 Å². The number of ether oxygens (including phenoxy) is 2. The Morgan fingerprint density at radius 2 is 2.04 bits per heavy atom. The zero-order valence-corrected chi connectivity index (χ0v) is 14.8. The summed E-state index contributed by atoms with van der Waals surface area (Å²) < 4.78 is 15.2. The smallest absolute Gasteiger partial charge is 0.350 e. The van der Waals surface area contributed by atoms with Crippen LogP contribution in [-0.4, -0.2) is 25.6 Å². The molecule has 8 heteroatoms. The molecule has 26 heavy (non-hydrogen) atoms. The number of fused-ring (bicyclic) bond motifs is 1. The molecule has 1 aromatic carbocycles. The number of benzene rings is 1. The molecular weight excluding hydrogens is 358 g/mol. The topological polar surface area (TPSA) is 94.8 Å². The van der Waals surface area contributed by atoms with Gasteiger partial charge >= 0.3 is 11.6 Å². The summed E-state index contributed by atoms with van der Waals surface area (Å²) in [7, 11) is 1.27. The van der Waals surface area contributed by atoms with Crippen molar-refractivity contribution in [3.05, 3.63) is 56.6 Å². The Hall–Kier alpha value is -3.13. The van der Waals surface area contributed by atoms with E-state index in [2.05, 4.69) is 10.1 Å². The van der Waals surface area contributed by atoms with Crippen molar-refractivity contribution in [3.63, 3.8) is 0 Å². The molecule has 0 aliphatic rings. The molecule has 0 atom stereocenters. The molecule has 0 aliphatic heterocycles. The molecule has 0 fully saturated rings. The van der Waals surface area contributed by atoms with Gasteiger partial charge in [0.25, 0.3) is 5.91 Å². The number of nitrogens with one attached hydrogen (secondary N) is 1. The highest BCUT2D eigenvalue weighted by Crippen LogP contribution is 2.24. The maximum Gasteiger partial charge on any atom is 0.350 e. The average Bonchev–Trinajstić information content (AvgIpc) is 3.06. The van der Waals surface area contributed by atoms with Gasteiger partial charge in [-0.2, -0.15) is 0 Å². The van der Waals surface area contributed by atoms with Crippen LogP contribution in [0.1, 0.15) is 15.2 Å². The van der Waals surface area contributed by atoms with E-state index in [-0.39, 0.29) is 6.61 Å². The van der Waals surface area contributed by atoms with Gasteiger partial charge in [0.05, 0.1) is 12.8 Å². The number of methoxy groups -OCH3 is 1. The highest BCUT2D eigenvalue weighted by atomic mass is 32.1. The minimum absolute atomic E-state index is 0.266. The van der Waals surface area contributed by atoms with E-state index < -0.39 is 17.5 Å². The van der Waals surface area contributed by atoms with Crippen LogP contribution < -0.4 is 15.7 Å². The van der Waals surface area contributed by atoms with Gasteiger partial charge in [-0.1, -0.05) is 0 Å². The van der Waals surface area contributed by atoms with E-state index in [9.17, 15) is 14.4 Å². The zero-order chi connectivity index (χ0) is 18.7. The molecule has 0 radical (unpaired) electrons. The van der Waals surface area contributed by atoms with E-state index in [0.717, 1.165) is 10.9 Å². The number of anilines is 1. The minimum atomic E-state index is -0.517. The quantitative estimate of drug-likeness (QED) is 0.546. The summed E-state index contributed by atoms with van der Waals surface area (Å²) in [5, 5.41) is 5.07. The molecule has 0 saturated heterocycles. The van der Waals surface area contributed by atoms with Crippen LogP contribution in [0.2, 0.25) is 0 Å². The number of esters is 1. The van der Waals surface area contributed by atoms with E-state index in [1.54, 1.807) is 29.6 Å². The van der Waals surface area contributed by atoms with Crippen LogP contribution in [0.25, 0.3) is 11.0 Å². The van der Waals surface area contributed by atoms with Crippen molar-refractivity contribution in [2.24, 2.45) is 0 Å². The first-order valence-electron chi connectivity index (χ1n) is 7.61. The number of carbonyl (C=O) groups is 2. The van der Waals surface area contributed by atoms with Gasteiger partial charge in [-0.3, -0.25) is 4.79 Å². The van der Waals surface area contributed by atoms with Crippen molar-refractivity contribution in [2.75, 3.05) is 19.0 Å². The molecule has 0 unspecified atom stereocenters. The van der Waals surface area contributed by atoms with E-state index in [4.69, 9.17) is 9.15 Å². The lowest BCUT2D eigenvalue weighted by Crippen LogP contribution is -2.21. The fraction of sp³-hybridized carbons (Fsp3) is 0.167. The van der Waals surface area contributed by atoms with Crippen LogP contribution >= 0.6 is 11.3 Å². The van der Waals surface area contributed by atoms with E-state index >= 15 is 0 Å². The fourth-order valence-electron chi connectivity index (χ4n) is 2.39. The lowest BCUT2D eigenvalue weighted by atomic mass is 10.1. The standard InChI is InChI=1S/C18H15NO6S/c1-10-7-16(21)25-14-8-11(3-4-12(10)14)24-9-15(20)19-13-5-6-26-17(13)18(22)23-2/h3-8H,9H2,1-2H3,(H,19,20). The Balaban J connectivity index is 1.68. The third kappa shape index (κ3) is 3.75. The summed E-state index contributed by atoms with van der Waals surface area (Å²) >= 11 is 1.17. The predicted molar refractivity (Wildman–Crippen MR) is 97.0 cm³/mol. The Kier molecular flexibility index (Phi) is 5.04. The van der Waals surface area contributed by atoms with Gasteiger partial charge in [0, 0.05) is 17.5 Å². The van der Waals surface area contributed by atoms with Crippen molar-refractivity contribution in [1.29, 1.82) is 0 Å². The first-order valence-corrected chi connectivity index (χ1v) is 8.49. The van der Waals surface area contributed by atoms with Crippen molar-refractivity contribution in [1.82, 2.24) is 0 Å². The average molecular weight is 373 g/mol. The summed E-state index contributed by atoms with van der Waals surface area (Å²) in [5.41, 5.74) is 1.11. The summed E-state index contributed by atoms with van der Waals surface area (Å²) in [6, 6.07) is 8.03. The Morgan fingerprint density at radius 1 is 1.23 bits per heavy atom. The second kappa shape index (κ2) is 7.40. The van der Waals surface area contributed by atoms with Crippen LogP contribution in [0.3, 0.4) is 0 Å². The SMILES string of the molecule is COC(=O)c1sccc1NC(=O)COc1ccc2c(C)cc(=O)oc2c1. The van der Waals surface area contributed by atoms with Gasteiger partial charge in [-0.25, -0.2) is 9.59 Å². The number of hydrogen-bond donors (Lipinski definition) is 1. The molecule has 0 bridgehead atoms. The first-order chi connectivity index (χ1) is 12.5. The van der Waals surface area contributed by atoms with E-state index in [1.165, 1.54) is 24.5 Å². The van der Waals surface area contributed by atoms with Gasteiger partial charge in [-0.05, 0) is 36.1 Å². The number of hydrogen-bond acceptors (Lipinski definition) is 7. The van der Waals surface area contributed by atoms with Crippen LogP contribution in [-0.2, 0) is 9.53 Å². The van der Waals surface area contributed by atoms with E-state index in [1.807, 2.05) is 6.92 Å².